The van der Waals surface area contributed by atoms with Gasteiger partial charge in [0, 0.05) is 42.9 Å². The van der Waals surface area contributed by atoms with Crippen molar-refractivity contribution in [3.8, 4) is 0 Å². The van der Waals surface area contributed by atoms with Crippen molar-refractivity contribution < 1.29 is 14.3 Å². The van der Waals surface area contributed by atoms with Crippen molar-refractivity contribution in [3.63, 3.8) is 0 Å². The molecule has 6 heteroatoms. The van der Waals surface area contributed by atoms with Gasteiger partial charge in [0.1, 0.15) is 0 Å². The van der Waals surface area contributed by atoms with Gasteiger partial charge in [-0.2, -0.15) is 0 Å². The van der Waals surface area contributed by atoms with E-state index in [9.17, 15) is 9.59 Å². The van der Waals surface area contributed by atoms with Crippen molar-refractivity contribution in [1.82, 2.24) is 9.80 Å². The monoisotopic (exact) mass is 308 g/mol. The van der Waals surface area contributed by atoms with Crippen LogP contribution in [0.3, 0.4) is 0 Å². The van der Waals surface area contributed by atoms with Gasteiger partial charge in [0.05, 0.1) is 6.61 Å². The van der Waals surface area contributed by atoms with Gasteiger partial charge in [-0.15, -0.1) is 11.3 Å². The Kier molecular flexibility index (Phi) is 4.14. The number of carbonyl (C=O) groups is 2. The molecular formula is C15H20N2O3S. The fourth-order valence-corrected chi connectivity index (χ4v) is 3.75. The molecule has 0 radical (unpaired) electrons. The molecule has 1 saturated heterocycles. The van der Waals surface area contributed by atoms with Crippen molar-refractivity contribution in [1.29, 1.82) is 0 Å². The van der Waals surface area contributed by atoms with Crippen LogP contribution in [-0.4, -0.2) is 54.6 Å². The molecule has 21 heavy (non-hydrogen) atoms. The second kappa shape index (κ2) is 6.05. The molecule has 2 aliphatic rings. The predicted octanol–water partition coefficient (Wildman–Crippen LogP) is 2.15. The Bertz CT molecular complexity index is 509. The lowest BCUT2D eigenvalue weighted by Gasteiger charge is -2.34. The van der Waals surface area contributed by atoms with Crippen LogP contribution in [-0.2, 0) is 9.53 Å². The van der Waals surface area contributed by atoms with E-state index in [-0.39, 0.29) is 17.9 Å². The Hall–Kier alpha value is -1.56. The maximum absolute atomic E-state index is 12.5. The first kappa shape index (κ1) is 14.4. The Balaban J connectivity index is 1.49. The third-order valence-corrected chi connectivity index (χ3v) is 5.14. The minimum atomic E-state index is -0.271. The summed E-state index contributed by atoms with van der Waals surface area (Å²) in [7, 11) is 0. The van der Waals surface area contributed by atoms with Crippen molar-refractivity contribution in [2.24, 2.45) is 5.92 Å². The number of hydrogen-bond acceptors (Lipinski definition) is 4. The molecule has 1 aromatic heterocycles. The molecule has 0 N–H and O–H groups in total. The summed E-state index contributed by atoms with van der Waals surface area (Å²) >= 11 is 1.73. The van der Waals surface area contributed by atoms with Crippen LogP contribution >= 0.6 is 11.3 Å². The molecule has 0 bridgehead atoms. The van der Waals surface area contributed by atoms with E-state index in [1.807, 2.05) is 11.0 Å². The van der Waals surface area contributed by atoms with E-state index in [4.69, 9.17) is 4.74 Å². The van der Waals surface area contributed by atoms with Crippen molar-refractivity contribution in [2.45, 2.75) is 19.3 Å². The number of thiophene rings is 1. The molecule has 2 amide bonds. The number of carbonyl (C=O) groups excluding carboxylic acids is 2. The molecule has 5 nitrogen and oxygen atoms in total. The van der Waals surface area contributed by atoms with Gasteiger partial charge in [0.15, 0.2) is 0 Å². The molecule has 2 atom stereocenters. The summed E-state index contributed by atoms with van der Waals surface area (Å²) in [5.74, 6) is 0.815. The minimum Gasteiger partial charge on any atom is -0.450 e. The number of amides is 2. The van der Waals surface area contributed by atoms with Gasteiger partial charge in [0.25, 0.3) is 0 Å². The van der Waals surface area contributed by atoms with Crippen LogP contribution in [0.1, 0.15) is 24.1 Å². The van der Waals surface area contributed by atoms with E-state index in [0.29, 0.717) is 38.7 Å². The lowest BCUT2D eigenvalue weighted by Crippen LogP contribution is -2.51. The first-order valence-corrected chi connectivity index (χ1v) is 8.32. The van der Waals surface area contributed by atoms with Gasteiger partial charge in [-0.25, -0.2) is 4.79 Å². The molecular weight excluding hydrogens is 288 g/mol. The summed E-state index contributed by atoms with van der Waals surface area (Å²) in [6, 6.07) is 4.15. The van der Waals surface area contributed by atoms with Gasteiger partial charge in [-0.05, 0) is 24.8 Å². The highest BCUT2D eigenvalue weighted by Gasteiger charge is 2.46. The van der Waals surface area contributed by atoms with Gasteiger partial charge >= 0.3 is 6.09 Å². The van der Waals surface area contributed by atoms with E-state index in [0.717, 1.165) is 6.42 Å². The van der Waals surface area contributed by atoms with Gasteiger partial charge in [0.2, 0.25) is 5.91 Å². The third-order valence-electron chi connectivity index (χ3n) is 4.13. The zero-order chi connectivity index (χ0) is 14.8. The first-order valence-electron chi connectivity index (χ1n) is 7.44. The van der Waals surface area contributed by atoms with E-state index >= 15 is 0 Å². The molecule has 114 valence electrons. The van der Waals surface area contributed by atoms with Crippen LogP contribution in [0.4, 0.5) is 4.79 Å². The first-order chi connectivity index (χ1) is 10.2. The number of rotatable bonds is 3. The molecule has 2 fully saturated rings. The maximum atomic E-state index is 12.5. The standard InChI is InChI=1S/C15H20N2O3S/c1-2-20-15(19)17-7-5-16(6-8-17)14(18)12-10-11(12)13-4-3-9-21-13/h3-4,9,11-12H,2,5-8,10H2,1H3/t11-,12+/m1/s1. The van der Waals surface area contributed by atoms with Gasteiger partial charge < -0.3 is 14.5 Å². The normalized spacial score (nSPS) is 24.8. The molecule has 0 aromatic carbocycles. The largest absolute Gasteiger partial charge is 0.450 e. The van der Waals surface area contributed by atoms with Crippen molar-refractivity contribution in [2.75, 3.05) is 32.8 Å². The topological polar surface area (TPSA) is 49.9 Å². The summed E-state index contributed by atoms with van der Waals surface area (Å²) in [6.45, 7) is 4.57. The highest BCUT2D eigenvalue weighted by molar-refractivity contribution is 7.10. The molecule has 1 aromatic rings. The number of ether oxygens (including phenoxy) is 1. The van der Waals surface area contributed by atoms with Gasteiger partial charge in [-0.3, -0.25) is 4.79 Å². The lowest BCUT2D eigenvalue weighted by molar-refractivity contribution is -0.134. The molecule has 1 aliphatic heterocycles. The molecule has 1 saturated carbocycles. The maximum Gasteiger partial charge on any atom is 0.409 e. The van der Waals surface area contributed by atoms with E-state index in [1.54, 1.807) is 23.2 Å². The molecule has 0 unspecified atom stereocenters. The van der Waals surface area contributed by atoms with E-state index < -0.39 is 0 Å². The molecule has 0 spiro atoms. The fourth-order valence-electron chi connectivity index (χ4n) is 2.84. The highest BCUT2D eigenvalue weighted by Crippen LogP contribution is 2.50. The van der Waals surface area contributed by atoms with Crippen LogP contribution in [0.5, 0.6) is 0 Å². The minimum absolute atomic E-state index is 0.151. The summed E-state index contributed by atoms with van der Waals surface area (Å²) in [5, 5.41) is 2.06. The zero-order valence-corrected chi connectivity index (χ0v) is 13.0. The predicted molar refractivity (Wildman–Crippen MR) is 80.3 cm³/mol. The average Bonchev–Trinajstić information content (AvgIpc) is 3.12. The van der Waals surface area contributed by atoms with E-state index in [1.165, 1.54) is 4.88 Å². The smallest absolute Gasteiger partial charge is 0.409 e. The van der Waals surface area contributed by atoms with Crippen LogP contribution in [0.15, 0.2) is 17.5 Å². The summed E-state index contributed by atoms with van der Waals surface area (Å²) < 4.78 is 4.99. The summed E-state index contributed by atoms with van der Waals surface area (Å²) in [4.78, 5) is 29.0. The Morgan fingerprint density at radius 3 is 2.62 bits per heavy atom. The number of hydrogen-bond donors (Lipinski definition) is 0. The SMILES string of the molecule is CCOC(=O)N1CCN(C(=O)[C@H]2C[C@H]2c2cccs2)CC1. The average molecular weight is 308 g/mol. The number of nitrogens with zero attached hydrogens (tertiary/aromatic N) is 2. The summed E-state index contributed by atoms with van der Waals surface area (Å²) in [5.41, 5.74) is 0. The highest BCUT2D eigenvalue weighted by atomic mass is 32.1. The Morgan fingerprint density at radius 1 is 1.29 bits per heavy atom. The molecule has 2 heterocycles. The van der Waals surface area contributed by atoms with Crippen molar-refractivity contribution in [3.05, 3.63) is 22.4 Å². The number of piperazine rings is 1. The van der Waals surface area contributed by atoms with Crippen molar-refractivity contribution >= 4 is 23.3 Å². The van der Waals surface area contributed by atoms with Crippen LogP contribution in [0.25, 0.3) is 0 Å². The molecule has 3 rings (SSSR count). The van der Waals surface area contributed by atoms with E-state index in [2.05, 4.69) is 11.4 Å². The summed E-state index contributed by atoms with van der Waals surface area (Å²) in [6.07, 6.45) is 0.699. The zero-order valence-electron chi connectivity index (χ0n) is 12.2. The molecule has 1 aliphatic carbocycles. The van der Waals surface area contributed by atoms with Crippen LogP contribution in [0, 0.1) is 5.92 Å². The van der Waals surface area contributed by atoms with Crippen LogP contribution in [0.2, 0.25) is 0 Å². The van der Waals surface area contributed by atoms with Gasteiger partial charge in [-0.1, -0.05) is 6.07 Å². The lowest BCUT2D eigenvalue weighted by atomic mass is 10.2. The Labute approximate surface area is 128 Å². The second-order valence-electron chi connectivity index (χ2n) is 5.48. The second-order valence-corrected chi connectivity index (χ2v) is 6.45. The van der Waals surface area contributed by atoms with Crippen LogP contribution < -0.4 is 0 Å². The quantitative estimate of drug-likeness (QED) is 0.860. The third kappa shape index (κ3) is 3.05. The Morgan fingerprint density at radius 2 is 2.00 bits per heavy atom. The fraction of sp³-hybridized carbons (Fsp3) is 0.600.